The van der Waals surface area contributed by atoms with Crippen molar-refractivity contribution in [2.45, 2.75) is 26.9 Å². The predicted octanol–water partition coefficient (Wildman–Crippen LogP) is 3.50. The van der Waals surface area contributed by atoms with Crippen molar-refractivity contribution in [3.63, 3.8) is 0 Å². The molecule has 0 aliphatic rings. The molecular weight excluding hydrogens is 240 g/mol. The molecule has 0 saturated heterocycles. The molecule has 2 nitrogen and oxygen atoms in total. The van der Waals surface area contributed by atoms with Crippen molar-refractivity contribution in [1.82, 2.24) is 9.88 Å². The zero-order valence-corrected chi connectivity index (χ0v) is 12.1. The summed E-state index contributed by atoms with van der Waals surface area (Å²) in [4.78, 5) is 0. The lowest BCUT2D eigenvalue weighted by Crippen LogP contribution is -2.11. The molecule has 0 aliphatic carbocycles. The van der Waals surface area contributed by atoms with E-state index >= 15 is 0 Å². The molecule has 0 saturated carbocycles. The van der Waals surface area contributed by atoms with Crippen LogP contribution in [0.5, 0.6) is 0 Å². The van der Waals surface area contributed by atoms with Crippen LogP contribution in [0.15, 0.2) is 30.5 Å². The molecular formula is C15H22N2S. The molecule has 0 fully saturated rings. The van der Waals surface area contributed by atoms with Gasteiger partial charge in [-0.3, -0.25) is 0 Å². The van der Waals surface area contributed by atoms with Crippen molar-refractivity contribution >= 4 is 22.7 Å². The van der Waals surface area contributed by atoms with Crippen LogP contribution in [0.2, 0.25) is 0 Å². The lowest BCUT2D eigenvalue weighted by molar-refractivity contribution is 0.730. The van der Waals surface area contributed by atoms with Crippen LogP contribution in [-0.2, 0) is 13.1 Å². The Bertz CT molecular complexity index is 490. The van der Waals surface area contributed by atoms with E-state index in [4.69, 9.17) is 0 Å². The van der Waals surface area contributed by atoms with Crippen molar-refractivity contribution in [2.24, 2.45) is 0 Å². The number of hydrogen-bond donors (Lipinski definition) is 1. The van der Waals surface area contributed by atoms with Crippen molar-refractivity contribution < 1.29 is 0 Å². The number of hydrogen-bond acceptors (Lipinski definition) is 2. The third-order valence-corrected chi connectivity index (χ3v) is 4.03. The van der Waals surface area contributed by atoms with Gasteiger partial charge in [0.1, 0.15) is 0 Å². The van der Waals surface area contributed by atoms with E-state index in [-0.39, 0.29) is 0 Å². The van der Waals surface area contributed by atoms with Crippen LogP contribution in [0.25, 0.3) is 10.9 Å². The Balaban J connectivity index is 2.19. The summed E-state index contributed by atoms with van der Waals surface area (Å²) in [5.41, 5.74) is 2.76. The minimum Gasteiger partial charge on any atom is -0.347 e. The highest BCUT2D eigenvalue weighted by atomic mass is 32.2. The molecule has 3 heteroatoms. The Labute approximate surface area is 114 Å². The third kappa shape index (κ3) is 3.09. The van der Waals surface area contributed by atoms with Gasteiger partial charge in [-0.25, -0.2) is 0 Å². The molecule has 0 atom stereocenters. The fourth-order valence-electron chi connectivity index (χ4n) is 2.20. The Hall–Kier alpha value is -0.930. The summed E-state index contributed by atoms with van der Waals surface area (Å²) < 4.78 is 2.37. The zero-order valence-electron chi connectivity index (χ0n) is 11.3. The first kappa shape index (κ1) is 13.5. The van der Waals surface area contributed by atoms with E-state index in [1.807, 2.05) is 11.8 Å². The second kappa shape index (κ2) is 6.86. The SMILES string of the molecule is CCNCc1cccc2c1ccn2CCSCC. The van der Waals surface area contributed by atoms with Gasteiger partial charge >= 0.3 is 0 Å². The van der Waals surface area contributed by atoms with Gasteiger partial charge in [0.25, 0.3) is 0 Å². The lowest BCUT2D eigenvalue weighted by atomic mass is 10.1. The number of nitrogens with one attached hydrogen (secondary N) is 1. The van der Waals surface area contributed by atoms with Gasteiger partial charge in [0.05, 0.1) is 0 Å². The number of fused-ring (bicyclic) bond motifs is 1. The molecule has 0 spiro atoms. The van der Waals surface area contributed by atoms with Gasteiger partial charge in [-0.05, 0) is 30.0 Å². The smallest absolute Gasteiger partial charge is 0.0483 e. The molecule has 1 N–H and O–H groups in total. The van der Waals surface area contributed by atoms with Crippen molar-refractivity contribution in [3.05, 3.63) is 36.0 Å². The first-order valence-corrected chi connectivity index (χ1v) is 7.87. The Kier molecular flexibility index (Phi) is 5.14. The normalized spacial score (nSPS) is 11.2. The van der Waals surface area contributed by atoms with E-state index in [1.54, 1.807) is 0 Å². The highest BCUT2D eigenvalue weighted by Gasteiger charge is 2.04. The summed E-state index contributed by atoms with van der Waals surface area (Å²) in [6.45, 7) is 7.44. The largest absolute Gasteiger partial charge is 0.347 e. The molecule has 2 rings (SSSR count). The predicted molar refractivity (Wildman–Crippen MR) is 82.3 cm³/mol. The summed E-state index contributed by atoms with van der Waals surface area (Å²) in [5, 5.41) is 4.79. The molecule has 0 bridgehead atoms. The average Bonchev–Trinajstić information content (AvgIpc) is 2.81. The fraction of sp³-hybridized carbons (Fsp3) is 0.467. The highest BCUT2D eigenvalue weighted by molar-refractivity contribution is 7.99. The average molecular weight is 262 g/mol. The van der Waals surface area contributed by atoms with Crippen LogP contribution in [0.4, 0.5) is 0 Å². The molecule has 98 valence electrons. The maximum Gasteiger partial charge on any atom is 0.0483 e. The van der Waals surface area contributed by atoms with Crippen molar-refractivity contribution in [2.75, 3.05) is 18.1 Å². The van der Waals surface area contributed by atoms with Crippen molar-refractivity contribution in [1.29, 1.82) is 0 Å². The second-order valence-corrected chi connectivity index (χ2v) is 5.73. The van der Waals surface area contributed by atoms with Crippen LogP contribution in [0, 0.1) is 0 Å². The number of aromatic nitrogens is 1. The Morgan fingerprint density at radius 3 is 2.89 bits per heavy atom. The zero-order chi connectivity index (χ0) is 12.8. The monoisotopic (exact) mass is 262 g/mol. The summed E-state index contributed by atoms with van der Waals surface area (Å²) in [7, 11) is 0. The van der Waals surface area contributed by atoms with E-state index in [0.717, 1.165) is 19.6 Å². The minimum absolute atomic E-state index is 0.960. The maximum absolute atomic E-state index is 3.40. The number of aryl methyl sites for hydroxylation is 1. The van der Waals surface area contributed by atoms with Crippen LogP contribution >= 0.6 is 11.8 Å². The Morgan fingerprint density at radius 2 is 2.11 bits per heavy atom. The van der Waals surface area contributed by atoms with E-state index in [1.165, 1.54) is 28.0 Å². The molecule has 0 unspecified atom stereocenters. The first-order chi connectivity index (χ1) is 8.86. The quantitative estimate of drug-likeness (QED) is 0.769. The fourth-order valence-corrected chi connectivity index (χ4v) is 2.82. The molecule has 18 heavy (non-hydrogen) atoms. The molecule has 0 radical (unpaired) electrons. The minimum atomic E-state index is 0.960. The molecule has 1 aromatic carbocycles. The summed E-state index contributed by atoms with van der Waals surface area (Å²) >= 11 is 2.00. The van der Waals surface area contributed by atoms with E-state index < -0.39 is 0 Å². The van der Waals surface area contributed by atoms with Gasteiger partial charge in [-0.15, -0.1) is 0 Å². The van der Waals surface area contributed by atoms with Gasteiger partial charge < -0.3 is 9.88 Å². The van der Waals surface area contributed by atoms with Crippen LogP contribution in [-0.4, -0.2) is 22.6 Å². The van der Waals surface area contributed by atoms with Gasteiger partial charge in [0.15, 0.2) is 0 Å². The summed E-state index contributed by atoms with van der Waals surface area (Å²) in [5.74, 6) is 2.39. The number of nitrogens with zero attached hydrogens (tertiary/aromatic N) is 1. The molecule has 0 amide bonds. The number of rotatable bonds is 7. The maximum atomic E-state index is 3.40. The van der Waals surface area contributed by atoms with Crippen LogP contribution in [0.3, 0.4) is 0 Å². The van der Waals surface area contributed by atoms with Gasteiger partial charge in [-0.1, -0.05) is 26.0 Å². The van der Waals surface area contributed by atoms with Gasteiger partial charge in [-0.2, -0.15) is 11.8 Å². The molecule has 2 aromatic rings. The highest BCUT2D eigenvalue weighted by Crippen LogP contribution is 2.20. The summed E-state index contributed by atoms with van der Waals surface area (Å²) in [6, 6.07) is 8.86. The van der Waals surface area contributed by atoms with Crippen LogP contribution < -0.4 is 5.32 Å². The number of thioether (sulfide) groups is 1. The Morgan fingerprint density at radius 1 is 1.22 bits per heavy atom. The van der Waals surface area contributed by atoms with E-state index in [9.17, 15) is 0 Å². The van der Waals surface area contributed by atoms with E-state index in [0.29, 0.717) is 0 Å². The van der Waals surface area contributed by atoms with Gasteiger partial charge in [0.2, 0.25) is 0 Å². The third-order valence-electron chi connectivity index (χ3n) is 3.15. The topological polar surface area (TPSA) is 17.0 Å². The van der Waals surface area contributed by atoms with Crippen molar-refractivity contribution in [3.8, 4) is 0 Å². The van der Waals surface area contributed by atoms with Gasteiger partial charge in [0, 0.05) is 35.9 Å². The lowest BCUT2D eigenvalue weighted by Gasteiger charge is -2.07. The van der Waals surface area contributed by atoms with Crippen LogP contribution in [0.1, 0.15) is 19.4 Å². The molecule has 1 aromatic heterocycles. The number of benzene rings is 1. The standard InChI is InChI=1S/C15H22N2S/c1-3-16-12-13-6-5-7-15-14(13)8-9-17(15)10-11-18-4-2/h5-9,16H,3-4,10-12H2,1-2H3. The van der Waals surface area contributed by atoms with E-state index in [2.05, 4.69) is 54.2 Å². The first-order valence-electron chi connectivity index (χ1n) is 6.72. The summed E-state index contributed by atoms with van der Waals surface area (Å²) in [6.07, 6.45) is 2.22. The molecule has 0 aliphatic heterocycles. The second-order valence-electron chi connectivity index (χ2n) is 4.34. The molecule has 1 heterocycles.